The molecule has 2 aromatic rings. The molecule has 9 heteroatoms. The molecule has 0 N–H and O–H groups in total. The summed E-state index contributed by atoms with van der Waals surface area (Å²) in [5.74, 6) is 0.508. The minimum absolute atomic E-state index is 0.113. The van der Waals surface area contributed by atoms with Crippen molar-refractivity contribution in [2.45, 2.75) is 69.8 Å². The van der Waals surface area contributed by atoms with Crippen molar-refractivity contribution >= 4 is 6.09 Å². The lowest BCUT2D eigenvalue weighted by molar-refractivity contribution is -0.274. The van der Waals surface area contributed by atoms with Crippen molar-refractivity contribution < 1.29 is 31.9 Å². The lowest BCUT2D eigenvalue weighted by Gasteiger charge is -2.37. The maximum atomic E-state index is 12.8. The van der Waals surface area contributed by atoms with Gasteiger partial charge in [-0.05, 0) is 57.7 Å². The zero-order valence-electron chi connectivity index (χ0n) is 18.3. The van der Waals surface area contributed by atoms with E-state index in [1.807, 2.05) is 0 Å². The highest BCUT2D eigenvalue weighted by atomic mass is 19.4. The van der Waals surface area contributed by atoms with Gasteiger partial charge in [0.1, 0.15) is 17.6 Å². The molecule has 2 fully saturated rings. The molecular formula is C23H27F3N2O4. The lowest BCUT2D eigenvalue weighted by Crippen LogP contribution is -2.45. The molecule has 6 nitrogen and oxygen atoms in total. The van der Waals surface area contributed by atoms with E-state index in [0.29, 0.717) is 31.3 Å². The monoisotopic (exact) mass is 452 g/mol. The maximum absolute atomic E-state index is 12.8. The fourth-order valence-electron chi connectivity index (χ4n) is 3.99. The molecule has 4 rings (SSSR count). The first-order valence-corrected chi connectivity index (χ1v) is 10.8. The standard InChI is InChI=1S/C23H27F3N2O4/c1-22(2,3)32-21(29)28-11-16(14-6-8-18(9-7-14)31-23(24,25)26)10-17(12-28)20-27-19(13-30-20)15-4-5-15/h6-9,13,15-17H,4-5,10-12H2,1-3H3. The molecule has 1 aromatic carbocycles. The molecule has 1 amide bonds. The van der Waals surface area contributed by atoms with Crippen LogP contribution in [0.25, 0.3) is 0 Å². The number of benzene rings is 1. The summed E-state index contributed by atoms with van der Waals surface area (Å²) >= 11 is 0. The van der Waals surface area contributed by atoms with E-state index in [9.17, 15) is 18.0 Å². The minimum Gasteiger partial charge on any atom is -0.448 e. The Bertz CT molecular complexity index is 945. The molecule has 1 aliphatic heterocycles. The number of aromatic nitrogens is 1. The van der Waals surface area contributed by atoms with Gasteiger partial charge in [-0.2, -0.15) is 0 Å². The fraction of sp³-hybridized carbons (Fsp3) is 0.565. The molecule has 0 spiro atoms. The van der Waals surface area contributed by atoms with Crippen LogP contribution in [0.2, 0.25) is 0 Å². The van der Waals surface area contributed by atoms with E-state index in [1.54, 1.807) is 44.1 Å². The first-order valence-electron chi connectivity index (χ1n) is 10.8. The maximum Gasteiger partial charge on any atom is 0.573 e. The Morgan fingerprint density at radius 1 is 1.06 bits per heavy atom. The topological polar surface area (TPSA) is 64.8 Å². The number of carbonyl (C=O) groups excluding carboxylic acids is 1. The summed E-state index contributed by atoms with van der Waals surface area (Å²) in [5.41, 5.74) is 1.12. The van der Waals surface area contributed by atoms with Gasteiger partial charge in [-0.25, -0.2) is 9.78 Å². The van der Waals surface area contributed by atoms with Gasteiger partial charge < -0.3 is 18.8 Å². The fourth-order valence-corrected chi connectivity index (χ4v) is 3.99. The third-order valence-corrected chi connectivity index (χ3v) is 5.57. The van der Waals surface area contributed by atoms with Crippen molar-refractivity contribution in [1.29, 1.82) is 0 Å². The number of hydrogen-bond acceptors (Lipinski definition) is 5. The van der Waals surface area contributed by atoms with Crippen LogP contribution >= 0.6 is 0 Å². The first kappa shape index (κ1) is 22.5. The average Bonchev–Trinajstić information content (AvgIpc) is 3.42. The molecule has 1 saturated carbocycles. The van der Waals surface area contributed by atoms with Gasteiger partial charge in [0, 0.05) is 24.9 Å². The first-order chi connectivity index (χ1) is 15.0. The SMILES string of the molecule is CC(C)(C)OC(=O)N1CC(c2ccc(OC(F)(F)F)cc2)CC(c2nc(C3CC3)co2)C1. The van der Waals surface area contributed by atoms with Crippen LogP contribution in [0.3, 0.4) is 0 Å². The van der Waals surface area contributed by atoms with Gasteiger partial charge in [0.05, 0.1) is 11.6 Å². The largest absolute Gasteiger partial charge is 0.573 e. The second-order valence-corrected chi connectivity index (χ2v) is 9.52. The van der Waals surface area contributed by atoms with Crippen LogP contribution < -0.4 is 4.74 Å². The van der Waals surface area contributed by atoms with Crippen LogP contribution in [0.5, 0.6) is 5.75 Å². The zero-order chi connectivity index (χ0) is 23.1. The number of hydrogen-bond donors (Lipinski definition) is 0. The third kappa shape index (κ3) is 5.75. The van der Waals surface area contributed by atoms with Gasteiger partial charge in [-0.15, -0.1) is 13.2 Å². The molecule has 2 atom stereocenters. The van der Waals surface area contributed by atoms with Crippen molar-refractivity contribution in [2.24, 2.45) is 0 Å². The van der Waals surface area contributed by atoms with Gasteiger partial charge in [-0.3, -0.25) is 0 Å². The van der Waals surface area contributed by atoms with Gasteiger partial charge in [0.15, 0.2) is 5.89 Å². The van der Waals surface area contributed by atoms with E-state index in [0.717, 1.165) is 24.1 Å². The average molecular weight is 452 g/mol. The number of piperidine rings is 1. The Morgan fingerprint density at radius 2 is 1.72 bits per heavy atom. The number of nitrogens with zero attached hydrogens (tertiary/aromatic N) is 2. The molecule has 1 saturated heterocycles. The van der Waals surface area contributed by atoms with Crippen molar-refractivity contribution in [2.75, 3.05) is 13.1 Å². The van der Waals surface area contributed by atoms with Crippen LogP contribution in [-0.2, 0) is 4.74 Å². The number of oxazole rings is 1. The van der Waals surface area contributed by atoms with Crippen LogP contribution in [-0.4, -0.2) is 41.0 Å². The highest BCUT2D eigenvalue weighted by Crippen LogP contribution is 2.42. The number of ether oxygens (including phenoxy) is 2. The van der Waals surface area contributed by atoms with Crippen molar-refractivity contribution in [3.8, 4) is 5.75 Å². The molecule has 2 aliphatic rings. The van der Waals surface area contributed by atoms with E-state index in [4.69, 9.17) is 9.15 Å². The second-order valence-electron chi connectivity index (χ2n) is 9.52. The number of likely N-dealkylation sites (tertiary alicyclic amines) is 1. The number of alkyl halides is 3. The van der Waals surface area contributed by atoms with Gasteiger partial charge in [0.2, 0.25) is 0 Å². The highest BCUT2D eigenvalue weighted by Gasteiger charge is 2.37. The molecule has 32 heavy (non-hydrogen) atoms. The number of halogens is 3. The predicted molar refractivity (Wildman–Crippen MR) is 110 cm³/mol. The molecule has 0 radical (unpaired) electrons. The molecule has 0 bridgehead atoms. The van der Waals surface area contributed by atoms with Gasteiger partial charge in [-0.1, -0.05) is 12.1 Å². The van der Waals surface area contributed by atoms with E-state index in [1.165, 1.54) is 12.1 Å². The van der Waals surface area contributed by atoms with Crippen molar-refractivity contribution in [1.82, 2.24) is 9.88 Å². The van der Waals surface area contributed by atoms with Crippen LogP contribution in [0.1, 0.15) is 74.9 Å². The Kier molecular flexibility index (Phi) is 5.85. The Labute approximate surface area is 184 Å². The van der Waals surface area contributed by atoms with Crippen LogP contribution in [0.15, 0.2) is 34.9 Å². The Morgan fingerprint density at radius 3 is 2.31 bits per heavy atom. The highest BCUT2D eigenvalue weighted by molar-refractivity contribution is 5.68. The van der Waals surface area contributed by atoms with E-state index in [-0.39, 0.29) is 17.6 Å². The van der Waals surface area contributed by atoms with Crippen LogP contribution in [0.4, 0.5) is 18.0 Å². The summed E-state index contributed by atoms with van der Waals surface area (Å²) in [6.07, 6.45) is -0.611. The van der Waals surface area contributed by atoms with Gasteiger partial charge in [0.25, 0.3) is 0 Å². The number of amides is 1. The summed E-state index contributed by atoms with van der Waals surface area (Å²) in [6, 6.07) is 5.79. The molecule has 174 valence electrons. The quantitative estimate of drug-likeness (QED) is 0.573. The van der Waals surface area contributed by atoms with Gasteiger partial charge >= 0.3 is 12.5 Å². The summed E-state index contributed by atoms with van der Waals surface area (Å²) in [6.45, 7) is 6.21. The summed E-state index contributed by atoms with van der Waals surface area (Å²) in [4.78, 5) is 19.1. The van der Waals surface area contributed by atoms with Crippen LogP contribution in [0, 0.1) is 0 Å². The Hall–Kier alpha value is -2.71. The Balaban J connectivity index is 1.55. The molecule has 1 aliphatic carbocycles. The molecule has 2 unspecified atom stereocenters. The van der Waals surface area contributed by atoms with E-state index < -0.39 is 18.1 Å². The third-order valence-electron chi connectivity index (χ3n) is 5.57. The normalized spacial score (nSPS) is 22.0. The van der Waals surface area contributed by atoms with Crippen molar-refractivity contribution in [3.05, 3.63) is 47.7 Å². The second kappa shape index (κ2) is 8.33. The van der Waals surface area contributed by atoms with E-state index in [2.05, 4.69) is 9.72 Å². The summed E-state index contributed by atoms with van der Waals surface area (Å²) in [7, 11) is 0. The molecule has 2 heterocycles. The number of carbonyl (C=O) groups is 1. The summed E-state index contributed by atoms with van der Waals surface area (Å²) < 4.78 is 52.7. The van der Waals surface area contributed by atoms with Crippen molar-refractivity contribution in [3.63, 3.8) is 0 Å². The lowest BCUT2D eigenvalue weighted by atomic mass is 9.84. The summed E-state index contributed by atoms with van der Waals surface area (Å²) in [5, 5.41) is 0. The number of rotatable bonds is 4. The van der Waals surface area contributed by atoms with E-state index >= 15 is 0 Å². The minimum atomic E-state index is -4.74. The molecular weight excluding hydrogens is 425 g/mol. The smallest absolute Gasteiger partial charge is 0.448 e. The predicted octanol–water partition coefficient (Wildman–Crippen LogP) is 5.96. The zero-order valence-corrected chi connectivity index (χ0v) is 18.3. The molecule has 1 aromatic heterocycles.